The molecule has 20 heavy (non-hydrogen) atoms. The van der Waals surface area contributed by atoms with Gasteiger partial charge in [0.1, 0.15) is 0 Å². The van der Waals surface area contributed by atoms with Crippen LogP contribution in [-0.2, 0) is 14.8 Å². The van der Waals surface area contributed by atoms with E-state index in [0.29, 0.717) is 41.4 Å². The summed E-state index contributed by atoms with van der Waals surface area (Å²) in [7, 11) is -3.66. The van der Waals surface area contributed by atoms with E-state index in [1.807, 2.05) is 6.92 Å². The van der Waals surface area contributed by atoms with E-state index in [-0.39, 0.29) is 10.9 Å². The average molecular weight is 384 g/mol. The molecule has 1 fully saturated rings. The molecule has 1 heterocycles. The van der Waals surface area contributed by atoms with Crippen molar-refractivity contribution in [2.75, 3.05) is 25.5 Å². The number of morpholine rings is 1. The number of hydrogen-bond donors (Lipinski definition) is 1. The minimum Gasteiger partial charge on any atom is -0.398 e. The normalized spacial score (nSPS) is 21.1. The van der Waals surface area contributed by atoms with Crippen LogP contribution in [0.2, 0.25) is 5.02 Å². The summed E-state index contributed by atoms with van der Waals surface area (Å²) in [5, 5.41) is 0.297. The molecule has 0 aliphatic carbocycles. The van der Waals surface area contributed by atoms with Gasteiger partial charge in [0.2, 0.25) is 10.0 Å². The minimum atomic E-state index is -3.66. The first kappa shape index (κ1) is 16.0. The predicted octanol–water partition coefficient (Wildman–Crippen LogP) is 2.48. The maximum Gasteiger partial charge on any atom is 0.244 e. The van der Waals surface area contributed by atoms with Crippen molar-refractivity contribution in [3.8, 4) is 0 Å². The van der Waals surface area contributed by atoms with Crippen molar-refractivity contribution in [3.05, 3.63) is 21.6 Å². The van der Waals surface area contributed by atoms with Gasteiger partial charge in [0.25, 0.3) is 0 Å². The Balaban J connectivity index is 2.49. The summed E-state index contributed by atoms with van der Waals surface area (Å²) in [6.45, 7) is 3.07. The number of anilines is 1. The maximum atomic E-state index is 12.8. The highest BCUT2D eigenvalue weighted by Gasteiger charge is 2.34. The number of ether oxygens (including phenoxy) is 1. The first-order valence-electron chi connectivity index (χ1n) is 6.22. The Morgan fingerprint density at radius 2 is 2.25 bits per heavy atom. The van der Waals surface area contributed by atoms with Crippen molar-refractivity contribution in [2.24, 2.45) is 0 Å². The molecule has 0 amide bonds. The molecule has 1 saturated heterocycles. The van der Waals surface area contributed by atoms with E-state index in [9.17, 15) is 8.42 Å². The highest BCUT2D eigenvalue weighted by Crippen LogP contribution is 2.34. The van der Waals surface area contributed by atoms with Gasteiger partial charge in [0.15, 0.2) is 0 Å². The van der Waals surface area contributed by atoms with Crippen LogP contribution in [0, 0.1) is 0 Å². The largest absolute Gasteiger partial charge is 0.398 e. The van der Waals surface area contributed by atoms with E-state index in [0.717, 1.165) is 0 Å². The highest BCUT2D eigenvalue weighted by atomic mass is 79.9. The van der Waals surface area contributed by atoms with Crippen molar-refractivity contribution in [2.45, 2.75) is 24.3 Å². The molecule has 0 aromatic heterocycles. The molecule has 8 heteroatoms. The molecule has 2 rings (SSSR count). The van der Waals surface area contributed by atoms with E-state index in [2.05, 4.69) is 15.9 Å². The van der Waals surface area contributed by atoms with Crippen LogP contribution in [0.15, 0.2) is 21.5 Å². The van der Waals surface area contributed by atoms with E-state index in [1.165, 1.54) is 16.4 Å². The van der Waals surface area contributed by atoms with Crippen LogP contribution in [0.4, 0.5) is 5.69 Å². The lowest BCUT2D eigenvalue weighted by molar-refractivity contribution is 0.0314. The molecule has 0 bridgehead atoms. The second-order valence-electron chi connectivity index (χ2n) is 4.56. The highest BCUT2D eigenvalue weighted by molar-refractivity contribution is 9.10. The molecule has 0 saturated carbocycles. The number of nitrogen functional groups attached to an aromatic ring is 1. The van der Waals surface area contributed by atoms with E-state index in [1.54, 1.807) is 0 Å². The third kappa shape index (κ3) is 2.96. The fraction of sp³-hybridized carbons (Fsp3) is 0.500. The fourth-order valence-electron chi connectivity index (χ4n) is 2.18. The van der Waals surface area contributed by atoms with Gasteiger partial charge < -0.3 is 10.5 Å². The summed E-state index contributed by atoms with van der Waals surface area (Å²) in [6.07, 6.45) is 0.687. The first-order chi connectivity index (χ1) is 9.37. The lowest BCUT2D eigenvalue weighted by Gasteiger charge is -2.34. The molecule has 1 atom stereocenters. The van der Waals surface area contributed by atoms with Gasteiger partial charge in [0.05, 0.1) is 22.6 Å². The topological polar surface area (TPSA) is 72.6 Å². The summed E-state index contributed by atoms with van der Waals surface area (Å²) >= 11 is 9.17. The predicted molar refractivity (Wildman–Crippen MR) is 82.4 cm³/mol. The van der Waals surface area contributed by atoms with Gasteiger partial charge in [-0.15, -0.1) is 0 Å². The number of rotatable bonds is 3. The van der Waals surface area contributed by atoms with Gasteiger partial charge >= 0.3 is 0 Å². The lowest BCUT2D eigenvalue weighted by Crippen LogP contribution is -2.48. The van der Waals surface area contributed by atoms with Gasteiger partial charge in [0, 0.05) is 23.3 Å². The van der Waals surface area contributed by atoms with E-state index < -0.39 is 10.0 Å². The Kier molecular flexibility index (Phi) is 4.96. The van der Waals surface area contributed by atoms with Crippen LogP contribution in [0.1, 0.15) is 13.3 Å². The van der Waals surface area contributed by atoms with Gasteiger partial charge in [-0.2, -0.15) is 4.31 Å². The van der Waals surface area contributed by atoms with E-state index in [4.69, 9.17) is 22.1 Å². The zero-order chi connectivity index (χ0) is 14.9. The average Bonchev–Trinajstić information content (AvgIpc) is 2.42. The third-order valence-corrected chi connectivity index (χ3v) is 6.61. The van der Waals surface area contributed by atoms with Crippen molar-refractivity contribution >= 4 is 43.2 Å². The van der Waals surface area contributed by atoms with Crippen LogP contribution in [-0.4, -0.2) is 38.5 Å². The zero-order valence-corrected chi connectivity index (χ0v) is 14.1. The molecule has 1 aromatic carbocycles. The zero-order valence-electron chi connectivity index (χ0n) is 11.0. The van der Waals surface area contributed by atoms with E-state index >= 15 is 0 Å². The molecule has 0 spiro atoms. The second-order valence-corrected chi connectivity index (χ2v) is 7.65. The van der Waals surface area contributed by atoms with Crippen molar-refractivity contribution in [3.63, 3.8) is 0 Å². The summed E-state index contributed by atoms with van der Waals surface area (Å²) < 4.78 is 32.8. The Labute approximate surface area is 132 Å². The number of nitrogens with two attached hydrogens (primary N) is 1. The summed E-state index contributed by atoms with van der Waals surface area (Å²) in [6, 6.07) is 2.77. The standard InChI is InChI=1S/C12H16BrClN2O3S/c1-2-9-7-19-4-3-16(9)20(17,18)11-6-8(14)5-10(15)12(11)13/h5-6,9H,2-4,7,15H2,1H3. The Morgan fingerprint density at radius 1 is 1.55 bits per heavy atom. The molecule has 2 N–H and O–H groups in total. The van der Waals surface area contributed by atoms with Crippen LogP contribution in [0.5, 0.6) is 0 Å². The van der Waals surface area contributed by atoms with Crippen LogP contribution in [0.25, 0.3) is 0 Å². The first-order valence-corrected chi connectivity index (χ1v) is 8.83. The van der Waals surface area contributed by atoms with Gasteiger partial charge in [-0.25, -0.2) is 8.42 Å². The Hall–Kier alpha value is -0.340. The molecule has 1 aliphatic rings. The second kappa shape index (κ2) is 6.19. The monoisotopic (exact) mass is 382 g/mol. The van der Waals surface area contributed by atoms with Gasteiger partial charge in [-0.1, -0.05) is 18.5 Å². The van der Waals surface area contributed by atoms with Crippen molar-refractivity contribution < 1.29 is 13.2 Å². The minimum absolute atomic E-state index is 0.0999. The molecule has 1 aromatic rings. The molecular weight excluding hydrogens is 368 g/mol. The van der Waals surface area contributed by atoms with Crippen molar-refractivity contribution in [1.29, 1.82) is 0 Å². The lowest BCUT2D eigenvalue weighted by atomic mass is 10.2. The SMILES string of the molecule is CCC1COCCN1S(=O)(=O)c1cc(Cl)cc(N)c1Br. The molecular formula is C12H16BrClN2O3S. The quantitative estimate of drug-likeness (QED) is 0.814. The molecule has 0 radical (unpaired) electrons. The van der Waals surface area contributed by atoms with Crippen LogP contribution in [0.3, 0.4) is 0 Å². The number of nitrogens with zero attached hydrogens (tertiary/aromatic N) is 1. The number of halogens is 2. The Morgan fingerprint density at radius 3 is 2.90 bits per heavy atom. The number of sulfonamides is 1. The smallest absolute Gasteiger partial charge is 0.244 e. The number of benzene rings is 1. The molecule has 1 aliphatic heterocycles. The van der Waals surface area contributed by atoms with Gasteiger partial charge in [-0.05, 0) is 34.5 Å². The summed E-state index contributed by atoms with van der Waals surface area (Å²) in [5.41, 5.74) is 6.08. The molecule has 5 nitrogen and oxygen atoms in total. The summed E-state index contributed by atoms with van der Waals surface area (Å²) in [4.78, 5) is 0.0999. The van der Waals surface area contributed by atoms with Crippen molar-refractivity contribution in [1.82, 2.24) is 4.31 Å². The third-order valence-electron chi connectivity index (χ3n) is 3.26. The molecule has 1 unspecified atom stereocenters. The van der Waals surface area contributed by atoms with Crippen LogP contribution < -0.4 is 5.73 Å². The number of hydrogen-bond acceptors (Lipinski definition) is 4. The van der Waals surface area contributed by atoms with Gasteiger partial charge in [-0.3, -0.25) is 0 Å². The fourth-order valence-corrected chi connectivity index (χ4v) is 5.10. The maximum absolute atomic E-state index is 12.8. The Bertz CT molecular complexity index is 609. The van der Waals surface area contributed by atoms with Crippen LogP contribution >= 0.6 is 27.5 Å². The summed E-state index contributed by atoms with van der Waals surface area (Å²) in [5.74, 6) is 0. The molecule has 112 valence electrons.